The van der Waals surface area contributed by atoms with Crippen molar-refractivity contribution in [1.82, 2.24) is 14.8 Å². The molecular weight excluding hydrogens is 496 g/mol. The van der Waals surface area contributed by atoms with Gasteiger partial charge in [0.05, 0.1) is 5.54 Å². The van der Waals surface area contributed by atoms with E-state index in [-0.39, 0.29) is 41.7 Å². The minimum absolute atomic E-state index is 0.0198. The summed E-state index contributed by atoms with van der Waals surface area (Å²) in [6.07, 6.45) is 4.01. The molecule has 1 fully saturated rings. The first-order valence-corrected chi connectivity index (χ1v) is 12.8. The van der Waals surface area contributed by atoms with Gasteiger partial charge in [0.1, 0.15) is 22.9 Å². The standard InChI is InChI=1S/C28H35F2N3O5/c1-6-7-24(35)38-26-23(15-34)33(28(4)16-32(5)18(3)9-8-17(28)2)14-21(25(26)36)27(37)31-13-19-10-11-20(29)12-22(19)30/h10-12,14-15,17-18H,6-9,13,16H2,1-5H3,(H,31,37). The zero-order valence-electron chi connectivity index (χ0n) is 22.5. The Morgan fingerprint density at radius 1 is 1.24 bits per heavy atom. The maximum Gasteiger partial charge on any atom is 0.311 e. The van der Waals surface area contributed by atoms with Gasteiger partial charge in [-0.15, -0.1) is 0 Å². The van der Waals surface area contributed by atoms with Gasteiger partial charge in [-0.1, -0.05) is 19.9 Å². The molecule has 0 radical (unpaired) electrons. The zero-order chi connectivity index (χ0) is 28.2. The average Bonchev–Trinajstić information content (AvgIpc) is 2.96. The van der Waals surface area contributed by atoms with E-state index in [9.17, 15) is 28.0 Å². The number of aldehydes is 1. The summed E-state index contributed by atoms with van der Waals surface area (Å²) in [5, 5.41) is 2.49. The number of nitrogens with zero attached hydrogens (tertiary/aromatic N) is 2. The lowest BCUT2D eigenvalue weighted by atomic mass is 9.83. The molecule has 3 atom stereocenters. The number of ether oxygens (including phenoxy) is 1. The number of rotatable bonds is 8. The second kappa shape index (κ2) is 12.0. The summed E-state index contributed by atoms with van der Waals surface area (Å²) in [5.74, 6) is -3.62. The van der Waals surface area contributed by atoms with E-state index >= 15 is 0 Å². The molecule has 1 N–H and O–H groups in total. The first-order valence-electron chi connectivity index (χ1n) is 12.8. The molecule has 1 amide bonds. The van der Waals surface area contributed by atoms with Crippen LogP contribution in [-0.4, -0.2) is 47.3 Å². The number of aromatic nitrogens is 1. The van der Waals surface area contributed by atoms with E-state index in [1.165, 1.54) is 12.3 Å². The lowest BCUT2D eigenvalue weighted by molar-refractivity contribution is -0.134. The molecular formula is C28H35F2N3O5. The molecule has 38 heavy (non-hydrogen) atoms. The molecule has 2 heterocycles. The van der Waals surface area contributed by atoms with Gasteiger partial charge >= 0.3 is 5.97 Å². The SMILES string of the molecule is CCCC(=O)Oc1c(C=O)n(C2(C)CN(C)C(C)CCC2C)cc(C(=O)NCc2ccc(F)cc2F)c1=O. The quantitative estimate of drug-likeness (QED) is 0.408. The minimum Gasteiger partial charge on any atom is -0.420 e. The van der Waals surface area contributed by atoms with Crippen molar-refractivity contribution in [2.45, 2.75) is 71.5 Å². The van der Waals surface area contributed by atoms with Crippen LogP contribution in [0.3, 0.4) is 0 Å². The molecule has 1 aromatic carbocycles. The molecule has 0 spiro atoms. The molecule has 10 heteroatoms. The van der Waals surface area contributed by atoms with Crippen molar-refractivity contribution in [3.8, 4) is 5.75 Å². The maximum atomic E-state index is 14.1. The highest BCUT2D eigenvalue weighted by Crippen LogP contribution is 2.37. The molecule has 0 aliphatic carbocycles. The van der Waals surface area contributed by atoms with Gasteiger partial charge in [0.25, 0.3) is 5.91 Å². The lowest BCUT2D eigenvalue weighted by Crippen LogP contribution is -2.48. The van der Waals surface area contributed by atoms with E-state index in [1.54, 1.807) is 11.5 Å². The second-order valence-corrected chi connectivity index (χ2v) is 10.3. The lowest BCUT2D eigenvalue weighted by Gasteiger charge is -2.40. The van der Waals surface area contributed by atoms with Crippen molar-refractivity contribution >= 4 is 18.2 Å². The zero-order valence-corrected chi connectivity index (χ0v) is 22.5. The monoisotopic (exact) mass is 531 g/mol. The molecule has 3 unspecified atom stereocenters. The van der Waals surface area contributed by atoms with Gasteiger partial charge < -0.3 is 19.5 Å². The average molecular weight is 532 g/mol. The highest BCUT2D eigenvalue weighted by molar-refractivity contribution is 5.95. The van der Waals surface area contributed by atoms with Crippen LogP contribution in [0.2, 0.25) is 0 Å². The largest absolute Gasteiger partial charge is 0.420 e. The molecule has 0 bridgehead atoms. The molecule has 8 nitrogen and oxygen atoms in total. The topological polar surface area (TPSA) is 97.7 Å². The van der Waals surface area contributed by atoms with Crippen molar-refractivity contribution < 1.29 is 27.9 Å². The van der Waals surface area contributed by atoms with Crippen LogP contribution in [0.15, 0.2) is 29.2 Å². The fourth-order valence-electron chi connectivity index (χ4n) is 4.86. The summed E-state index contributed by atoms with van der Waals surface area (Å²) in [6.45, 7) is 8.05. The van der Waals surface area contributed by atoms with Crippen LogP contribution in [0, 0.1) is 17.6 Å². The Hall–Kier alpha value is -3.40. The van der Waals surface area contributed by atoms with E-state index < -0.39 is 40.2 Å². The fraction of sp³-hybridized carbons (Fsp3) is 0.500. The molecule has 2 aromatic rings. The van der Waals surface area contributed by atoms with Crippen LogP contribution in [0.4, 0.5) is 8.78 Å². The van der Waals surface area contributed by atoms with Crippen molar-refractivity contribution in [2.75, 3.05) is 13.6 Å². The number of nitrogens with one attached hydrogen (secondary N) is 1. The van der Waals surface area contributed by atoms with Crippen LogP contribution < -0.4 is 15.5 Å². The normalized spacial score (nSPS) is 22.0. The first-order chi connectivity index (χ1) is 17.9. The van der Waals surface area contributed by atoms with Gasteiger partial charge in [0, 0.05) is 43.4 Å². The van der Waals surface area contributed by atoms with Crippen LogP contribution in [0.1, 0.15) is 79.8 Å². The predicted octanol–water partition coefficient (Wildman–Crippen LogP) is 4.04. The number of carbonyl (C=O) groups excluding carboxylic acids is 3. The molecule has 206 valence electrons. The highest BCUT2D eigenvalue weighted by atomic mass is 19.1. The third-order valence-electron chi connectivity index (χ3n) is 7.63. The van der Waals surface area contributed by atoms with E-state index in [0.717, 1.165) is 18.9 Å². The van der Waals surface area contributed by atoms with Gasteiger partial charge in [-0.05, 0) is 52.1 Å². The van der Waals surface area contributed by atoms with E-state index in [1.807, 2.05) is 20.9 Å². The maximum absolute atomic E-state index is 14.1. The minimum atomic E-state index is -0.920. The number of hydrogen-bond donors (Lipinski definition) is 1. The van der Waals surface area contributed by atoms with Gasteiger partial charge in [0.15, 0.2) is 6.29 Å². The molecule has 1 aliphatic heterocycles. The Balaban J connectivity index is 2.14. The Bertz CT molecular complexity index is 1280. The summed E-state index contributed by atoms with van der Waals surface area (Å²) in [5.41, 5.74) is -2.12. The van der Waals surface area contributed by atoms with E-state index in [2.05, 4.69) is 17.1 Å². The summed E-state index contributed by atoms with van der Waals surface area (Å²) in [7, 11) is 1.97. The Morgan fingerprint density at radius 2 is 1.95 bits per heavy atom. The van der Waals surface area contributed by atoms with Gasteiger partial charge in [-0.3, -0.25) is 19.2 Å². The predicted molar refractivity (Wildman–Crippen MR) is 138 cm³/mol. The molecule has 3 rings (SSSR count). The molecule has 1 aromatic heterocycles. The van der Waals surface area contributed by atoms with Crippen LogP contribution >= 0.6 is 0 Å². The van der Waals surface area contributed by atoms with Crippen molar-refractivity contribution in [3.05, 3.63) is 63.1 Å². The van der Waals surface area contributed by atoms with Crippen molar-refractivity contribution in [1.29, 1.82) is 0 Å². The third kappa shape index (κ3) is 6.01. The van der Waals surface area contributed by atoms with Crippen LogP contribution in [-0.2, 0) is 16.9 Å². The highest BCUT2D eigenvalue weighted by Gasteiger charge is 2.40. The van der Waals surface area contributed by atoms with Gasteiger partial charge in [-0.25, -0.2) is 8.78 Å². The Kier molecular flexibility index (Phi) is 9.19. The van der Waals surface area contributed by atoms with Gasteiger partial charge in [-0.2, -0.15) is 0 Å². The fourth-order valence-corrected chi connectivity index (χ4v) is 4.86. The molecule has 1 aliphatic rings. The molecule has 1 saturated heterocycles. The smallest absolute Gasteiger partial charge is 0.311 e. The number of hydrogen-bond acceptors (Lipinski definition) is 6. The summed E-state index contributed by atoms with van der Waals surface area (Å²) < 4.78 is 34.3. The third-order valence-corrected chi connectivity index (χ3v) is 7.63. The number of halogens is 2. The number of likely N-dealkylation sites (N-methyl/N-ethyl adjacent to an activating group) is 1. The Labute approximate surface area is 221 Å². The summed E-state index contributed by atoms with van der Waals surface area (Å²) in [4.78, 5) is 53.6. The van der Waals surface area contributed by atoms with E-state index in [4.69, 9.17) is 4.74 Å². The number of amides is 1. The number of pyridine rings is 1. The number of likely N-dealkylation sites (tertiary alicyclic amines) is 1. The Morgan fingerprint density at radius 3 is 2.58 bits per heavy atom. The second-order valence-electron chi connectivity index (χ2n) is 10.3. The summed E-state index contributed by atoms with van der Waals surface area (Å²) in [6, 6.07) is 3.23. The first kappa shape index (κ1) is 29.2. The van der Waals surface area contributed by atoms with Crippen molar-refractivity contribution in [3.63, 3.8) is 0 Å². The van der Waals surface area contributed by atoms with Crippen LogP contribution in [0.5, 0.6) is 5.75 Å². The number of carbonyl (C=O) groups is 3. The molecule has 0 saturated carbocycles. The number of esters is 1. The van der Waals surface area contributed by atoms with E-state index in [0.29, 0.717) is 25.3 Å². The van der Waals surface area contributed by atoms with Crippen LogP contribution in [0.25, 0.3) is 0 Å². The van der Waals surface area contributed by atoms with Crippen molar-refractivity contribution in [2.24, 2.45) is 5.92 Å². The van der Waals surface area contributed by atoms with Gasteiger partial charge in [0.2, 0.25) is 11.2 Å². The summed E-state index contributed by atoms with van der Waals surface area (Å²) >= 11 is 0. The number of benzene rings is 1.